The Balaban J connectivity index is 1.92. The second-order valence-corrected chi connectivity index (χ2v) is 5.01. The van der Waals surface area contributed by atoms with E-state index in [1.807, 2.05) is 24.3 Å². The van der Waals surface area contributed by atoms with Gasteiger partial charge in [0.25, 0.3) is 0 Å². The maximum Gasteiger partial charge on any atom is 0.166 e. The summed E-state index contributed by atoms with van der Waals surface area (Å²) in [7, 11) is 1.61. The van der Waals surface area contributed by atoms with Crippen molar-refractivity contribution >= 4 is 34.3 Å². The summed E-state index contributed by atoms with van der Waals surface area (Å²) >= 11 is 6.23. The molecule has 2 heterocycles. The van der Waals surface area contributed by atoms with Gasteiger partial charge in [-0.2, -0.15) is 0 Å². The molecule has 0 bridgehead atoms. The van der Waals surface area contributed by atoms with Gasteiger partial charge in [0, 0.05) is 17.1 Å². The molecule has 3 rings (SSSR count). The van der Waals surface area contributed by atoms with Crippen LogP contribution in [-0.4, -0.2) is 22.1 Å². The summed E-state index contributed by atoms with van der Waals surface area (Å²) in [6.07, 6.45) is 1.45. The molecule has 22 heavy (non-hydrogen) atoms. The molecule has 2 aromatic heterocycles. The van der Waals surface area contributed by atoms with Gasteiger partial charge in [-0.05, 0) is 24.3 Å². The van der Waals surface area contributed by atoms with Crippen molar-refractivity contribution in [2.24, 2.45) is 0 Å². The highest BCUT2D eigenvalue weighted by Crippen LogP contribution is 2.27. The van der Waals surface area contributed by atoms with Gasteiger partial charge in [-0.25, -0.2) is 15.0 Å². The molecule has 3 aromatic rings. The van der Waals surface area contributed by atoms with Crippen LogP contribution in [0.1, 0.15) is 5.56 Å². The first kappa shape index (κ1) is 14.3. The summed E-state index contributed by atoms with van der Waals surface area (Å²) in [5.74, 6) is 1.81. The van der Waals surface area contributed by atoms with Crippen LogP contribution in [0.25, 0.3) is 11.0 Å². The summed E-state index contributed by atoms with van der Waals surface area (Å²) in [5.41, 5.74) is 7.08. The van der Waals surface area contributed by atoms with E-state index in [1.165, 1.54) is 6.33 Å². The van der Waals surface area contributed by atoms with Crippen molar-refractivity contribution in [2.45, 2.75) is 6.54 Å². The topological polar surface area (TPSA) is 86.0 Å². The highest BCUT2D eigenvalue weighted by molar-refractivity contribution is 6.31. The summed E-state index contributed by atoms with van der Waals surface area (Å²) in [4.78, 5) is 12.5. The molecule has 0 saturated heterocycles. The van der Waals surface area contributed by atoms with Crippen molar-refractivity contribution in [3.05, 3.63) is 47.2 Å². The molecule has 0 radical (unpaired) electrons. The Morgan fingerprint density at radius 2 is 2.09 bits per heavy atom. The normalized spacial score (nSPS) is 10.6. The number of nitrogens with two attached hydrogens (primary N) is 1. The minimum Gasteiger partial charge on any atom is -0.496 e. The Hall–Kier alpha value is -2.60. The van der Waals surface area contributed by atoms with Crippen molar-refractivity contribution < 1.29 is 4.74 Å². The number of pyridine rings is 1. The molecule has 0 aliphatic carbocycles. The zero-order chi connectivity index (χ0) is 15.5. The number of methoxy groups -OCH3 is 1. The van der Waals surface area contributed by atoms with E-state index in [2.05, 4.69) is 20.3 Å². The lowest BCUT2D eigenvalue weighted by Gasteiger charge is -2.12. The van der Waals surface area contributed by atoms with Crippen LogP contribution in [-0.2, 0) is 6.54 Å². The molecule has 0 aliphatic rings. The highest BCUT2D eigenvalue weighted by Gasteiger charge is 2.10. The van der Waals surface area contributed by atoms with E-state index in [9.17, 15) is 0 Å². The Kier molecular flexibility index (Phi) is 3.93. The molecular weight excluding hydrogens is 302 g/mol. The van der Waals surface area contributed by atoms with Crippen molar-refractivity contribution in [3.63, 3.8) is 0 Å². The molecular formula is C15H14ClN5O. The van der Waals surface area contributed by atoms with Crippen LogP contribution < -0.4 is 15.8 Å². The number of nitrogens with one attached hydrogen (secondary N) is 1. The third kappa shape index (κ3) is 2.73. The van der Waals surface area contributed by atoms with Crippen molar-refractivity contribution in [1.82, 2.24) is 15.0 Å². The number of ether oxygens (including phenoxy) is 1. The van der Waals surface area contributed by atoms with Crippen LogP contribution in [0.3, 0.4) is 0 Å². The zero-order valence-corrected chi connectivity index (χ0v) is 12.6. The predicted molar refractivity (Wildman–Crippen MR) is 87.1 cm³/mol. The van der Waals surface area contributed by atoms with E-state index in [0.717, 1.165) is 16.7 Å². The van der Waals surface area contributed by atoms with E-state index in [1.54, 1.807) is 13.2 Å². The van der Waals surface area contributed by atoms with Crippen LogP contribution in [0.2, 0.25) is 5.02 Å². The monoisotopic (exact) mass is 315 g/mol. The Labute approximate surface area is 132 Å². The lowest BCUT2D eigenvalue weighted by molar-refractivity contribution is 0.410. The molecule has 112 valence electrons. The molecule has 0 spiro atoms. The Morgan fingerprint density at radius 3 is 2.91 bits per heavy atom. The number of anilines is 2. The minimum absolute atomic E-state index is 0.421. The second kappa shape index (κ2) is 6.03. The third-order valence-corrected chi connectivity index (χ3v) is 3.60. The quantitative estimate of drug-likeness (QED) is 0.770. The van der Waals surface area contributed by atoms with Crippen LogP contribution in [0, 0.1) is 0 Å². The van der Waals surface area contributed by atoms with Gasteiger partial charge in [-0.1, -0.05) is 17.7 Å². The SMILES string of the molecule is COc1cccc(Cl)c1CNc1ncnc2nc(N)ccc12. The van der Waals surface area contributed by atoms with E-state index >= 15 is 0 Å². The molecule has 0 amide bonds. The van der Waals surface area contributed by atoms with Crippen LogP contribution >= 0.6 is 11.6 Å². The van der Waals surface area contributed by atoms with Crippen LogP contribution in [0.5, 0.6) is 5.75 Å². The van der Waals surface area contributed by atoms with Crippen molar-refractivity contribution in [2.75, 3.05) is 18.2 Å². The number of hydrogen-bond acceptors (Lipinski definition) is 6. The maximum absolute atomic E-state index is 6.23. The van der Waals surface area contributed by atoms with Gasteiger partial charge in [0.1, 0.15) is 23.7 Å². The number of halogens is 1. The number of nitrogens with zero attached hydrogens (tertiary/aromatic N) is 3. The first-order valence-electron chi connectivity index (χ1n) is 6.61. The summed E-state index contributed by atoms with van der Waals surface area (Å²) in [5, 5.41) is 4.67. The van der Waals surface area contributed by atoms with Gasteiger partial charge >= 0.3 is 0 Å². The van der Waals surface area contributed by atoms with Gasteiger partial charge < -0.3 is 15.8 Å². The van der Waals surface area contributed by atoms with Gasteiger partial charge in [0.15, 0.2) is 5.65 Å². The van der Waals surface area contributed by atoms with Gasteiger partial charge in [0.2, 0.25) is 0 Å². The molecule has 0 atom stereocenters. The predicted octanol–water partition coefficient (Wildman–Crippen LogP) is 2.88. The summed E-state index contributed by atoms with van der Waals surface area (Å²) < 4.78 is 5.33. The Bertz CT molecular complexity index is 824. The first-order valence-corrected chi connectivity index (χ1v) is 6.99. The van der Waals surface area contributed by atoms with Gasteiger partial charge in [-0.3, -0.25) is 0 Å². The second-order valence-electron chi connectivity index (χ2n) is 4.60. The van der Waals surface area contributed by atoms with Gasteiger partial charge in [-0.15, -0.1) is 0 Å². The lowest BCUT2D eigenvalue weighted by Crippen LogP contribution is -2.05. The summed E-state index contributed by atoms with van der Waals surface area (Å²) in [6.45, 7) is 0.472. The standard InChI is InChI=1S/C15H14ClN5O/c1-22-12-4-2-3-11(16)10(12)7-18-14-9-5-6-13(17)21-15(9)20-8-19-14/h2-6,8H,7H2,1H3,(H3,17,18,19,20,21). The third-order valence-electron chi connectivity index (χ3n) is 3.25. The fourth-order valence-corrected chi connectivity index (χ4v) is 2.40. The Morgan fingerprint density at radius 1 is 1.23 bits per heavy atom. The molecule has 3 N–H and O–H groups in total. The fraction of sp³-hybridized carbons (Fsp3) is 0.133. The number of nitrogen functional groups attached to an aromatic ring is 1. The lowest BCUT2D eigenvalue weighted by atomic mass is 10.2. The number of aromatic nitrogens is 3. The summed E-state index contributed by atoms with van der Waals surface area (Å²) in [6, 6.07) is 9.08. The first-order chi connectivity index (χ1) is 10.7. The average Bonchev–Trinajstić information content (AvgIpc) is 2.53. The van der Waals surface area contributed by atoms with E-state index in [0.29, 0.717) is 28.9 Å². The molecule has 1 aromatic carbocycles. The minimum atomic E-state index is 0.421. The van der Waals surface area contributed by atoms with E-state index in [4.69, 9.17) is 22.1 Å². The van der Waals surface area contributed by atoms with Gasteiger partial charge in [0.05, 0.1) is 12.5 Å². The van der Waals surface area contributed by atoms with E-state index in [-0.39, 0.29) is 0 Å². The number of fused-ring (bicyclic) bond motifs is 1. The maximum atomic E-state index is 6.23. The zero-order valence-electron chi connectivity index (χ0n) is 11.9. The molecule has 0 saturated carbocycles. The van der Waals surface area contributed by atoms with Crippen LogP contribution in [0.4, 0.5) is 11.6 Å². The smallest absolute Gasteiger partial charge is 0.166 e. The molecule has 7 heteroatoms. The highest BCUT2D eigenvalue weighted by atomic mass is 35.5. The number of benzene rings is 1. The molecule has 6 nitrogen and oxygen atoms in total. The fourth-order valence-electron chi connectivity index (χ4n) is 2.17. The van der Waals surface area contributed by atoms with Crippen LogP contribution in [0.15, 0.2) is 36.7 Å². The number of hydrogen-bond donors (Lipinski definition) is 2. The van der Waals surface area contributed by atoms with Crippen molar-refractivity contribution in [3.8, 4) is 5.75 Å². The van der Waals surface area contributed by atoms with E-state index < -0.39 is 0 Å². The average molecular weight is 316 g/mol. The number of rotatable bonds is 4. The van der Waals surface area contributed by atoms with Crippen molar-refractivity contribution in [1.29, 1.82) is 0 Å². The molecule has 0 unspecified atom stereocenters. The largest absolute Gasteiger partial charge is 0.496 e. The molecule has 0 aliphatic heterocycles. The molecule has 0 fully saturated rings.